The SMILES string of the molecule is CCS(=O)(=O)N1CCC(NC(=O)CCc2nc(-c3ccncc3)no2)CC1. The van der Waals surface area contributed by atoms with Crippen molar-refractivity contribution in [3.8, 4) is 11.4 Å². The molecule has 0 aliphatic carbocycles. The fourth-order valence-corrected chi connectivity index (χ4v) is 4.09. The number of amides is 1. The van der Waals surface area contributed by atoms with Crippen molar-refractivity contribution >= 4 is 15.9 Å². The second kappa shape index (κ2) is 8.57. The summed E-state index contributed by atoms with van der Waals surface area (Å²) < 4.78 is 30.4. The van der Waals surface area contributed by atoms with Crippen LogP contribution in [0, 0.1) is 0 Å². The van der Waals surface area contributed by atoms with Gasteiger partial charge in [-0.25, -0.2) is 12.7 Å². The molecule has 3 heterocycles. The number of aromatic nitrogens is 3. The lowest BCUT2D eigenvalue weighted by molar-refractivity contribution is -0.122. The van der Waals surface area contributed by atoms with Gasteiger partial charge in [0.1, 0.15) is 0 Å². The van der Waals surface area contributed by atoms with Crippen LogP contribution < -0.4 is 5.32 Å². The molecule has 0 bridgehead atoms. The first-order valence-corrected chi connectivity index (χ1v) is 10.6. The van der Waals surface area contributed by atoms with Crippen molar-refractivity contribution in [1.82, 2.24) is 24.7 Å². The van der Waals surface area contributed by atoms with Crippen molar-refractivity contribution in [2.45, 2.75) is 38.6 Å². The maximum Gasteiger partial charge on any atom is 0.227 e. The molecule has 9 nitrogen and oxygen atoms in total. The van der Waals surface area contributed by atoms with Gasteiger partial charge in [-0.2, -0.15) is 4.98 Å². The van der Waals surface area contributed by atoms with E-state index in [1.807, 2.05) is 0 Å². The highest BCUT2D eigenvalue weighted by Gasteiger charge is 2.27. The normalized spacial score (nSPS) is 16.3. The predicted molar refractivity (Wildman–Crippen MR) is 98.0 cm³/mol. The number of hydrogen-bond donors (Lipinski definition) is 1. The van der Waals surface area contributed by atoms with Crippen LogP contribution in [0.4, 0.5) is 0 Å². The largest absolute Gasteiger partial charge is 0.353 e. The van der Waals surface area contributed by atoms with E-state index >= 15 is 0 Å². The van der Waals surface area contributed by atoms with Crippen LogP contribution >= 0.6 is 0 Å². The Kier molecular flexibility index (Phi) is 6.17. The van der Waals surface area contributed by atoms with E-state index in [1.165, 1.54) is 4.31 Å². The zero-order valence-corrected chi connectivity index (χ0v) is 16.0. The second-order valence-corrected chi connectivity index (χ2v) is 8.65. The summed E-state index contributed by atoms with van der Waals surface area (Å²) in [6.07, 6.45) is 5.14. The molecule has 3 rings (SSSR count). The number of carbonyl (C=O) groups excluding carboxylic acids is 1. The number of sulfonamides is 1. The summed E-state index contributed by atoms with van der Waals surface area (Å²) in [7, 11) is -3.15. The molecule has 0 atom stereocenters. The Balaban J connectivity index is 1.44. The van der Waals surface area contributed by atoms with E-state index in [1.54, 1.807) is 31.5 Å². The number of rotatable bonds is 7. The number of nitrogens with one attached hydrogen (secondary N) is 1. The molecule has 27 heavy (non-hydrogen) atoms. The highest BCUT2D eigenvalue weighted by atomic mass is 32.2. The maximum atomic E-state index is 12.2. The van der Waals surface area contributed by atoms with Gasteiger partial charge >= 0.3 is 0 Å². The molecule has 2 aromatic rings. The van der Waals surface area contributed by atoms with Crippen LogP contribution in [0.3, 0.4) is 0 Å². The molecule has 0 unspecified atom stereocenters. The lowest BCUT2D eigenvalue weighted by Crippen LogP contribution is -2.46. The van der Waals surface area contributed by atoms with Gasteiger partial charge in [-0.05, 0) is 31.9 Å². The third kappa shape index (κ3) is 5.10. The Hall–Kier alpha value is -2.33. The molecule has 1 N–H and O–H groups in total. The summed E-state index contributed by atoms with van der Waals surface area (Å²) >= 11 is 0. The topological polar surface area (TPSA) is 118 Å². The minimum Gasteiger partial charge on any atom is -0.353 e. The third-order valence-corrected chi connectivity index (χ3v) is 6.43. The van der Waals surface area contributed by atoms with E-state index in [4.69, 9.17) is 4.52 Å². The Morgan fingerprint density at radius 2 is 2.00 bits per heavy atom. The summed E-state index contributed by atoms with van der Waals surface area (Å²) in [4.78, 5) is 20.4. The molecule has 0 spiro atoms. The first kappa shape index (κ1) is 19.4. The number of aryl methyl sites for hydroxylation is 1. The summed E-state index contributed by atoms with van der Waals surface area (Å²) in [5, 5.41) is 6.87. The van der Waals surface area contributed by atoms with Gasteiger partial charge in [0.15, 0.2) is 0 Å². The average molecular weight is 393 g/mol. The molecule has 1 saturated heterocycles. The molecular formula is C17H23N5O4S. The van der Waals surface area contributed by atoms with Crippen molar-refractivity contribution in [3.05, 3.63) is 30.4 Å². The van der Waals surface area contributed by atoms with Crippen molar-refractivity contribution in [2.24, 2.45) is 0 Å². The quantitative estimate of drug-likeness (QED) is 0.745. The predicted octanol–water partition coefficient (Wildman–Crippen LogP) is 0.994. The minimum absolute atomic E-state index is 0.00382. The van der Waals surface area contributed by atoms with Crippen LogP contribution in [0.1, 0.15) is 32.1 Å². The third-order valence-electron chi connectivity index (χ3n) is 4.55. The Morgan fingerprint density at radius 3 is 2.67 bits per heavy atom. The summed E-state index contributed by atoms with van der Waals surface area (Å²) in [6.45, 7) is 2.53. The first-order valence-electron chi connectivity index (χ1n) is 8.98. The second-order valence-electron chi connectivity index (χ2n) is 6.39. The maximum absolute atomic E-state index is 12.2. The molecule has 1 amide bonds. The summed E-state index contributed by atoms with van der Waals surface area (Å²) in [5.74, 6) is 0.879. The number of nitrogens with zero attached hydrogens (tertiary/aromatic N) is 4. The molecule has 10 heteroatoms. The van der Waals surface area contributed by atoms with E-state index in [9.17, 15) is 13.2 Å². The van der Waals surface area contributed by atoms with E-state index in [0.717, 1.165) is 5.56 Å². The fraction of sp³-hybridized carbons (Fsp3) is 0.529. The van der Waals surface area contributed by atoms with E-state index in [0.29, 0.717) is 44.1 Å². The van der Waals surface area contributed by atoms with Gasteiger partial charge in [-0.3, -0.25) is 9.78 Å². The monoisotopic (exact) mass is 393 g/mol. The van der Waals surface area contributed by atoms with Crippen molar-refractivity contribution in [3.63, 3.8) is 0 Å². The Bertz CT molecular complexity index is 860. The number of piperidine rings is 1. The molecule has 1 aliphatic heterocycles. The highest BCUT2D eigenvalue weighted by molar-refractivity contribution is 7.89. The van der Waals surface area contributed by atoms with Gasteiger partial charge in [0.05, 0.1) is 5.75 Å². The molecule has 0 aromatic carbocycles. The van der Waals surface area contributed by atoms with Crippen molar-refractivity contribution < 1.29 is 17.7 Å². The standard InChI is InChI=1S/C17H23N5O4S/c1-2-27(24,25)22-11-7-14(8-12-22)19-15(23)3-4-16-20-17(21-26-16)13-5-9-18-10-6-13/h5-6,9-10,14H,2-4,7-8,11-12H2,1H3,(H,19,23). The first-order chi connectivity index (χ1) is 13.0. The smallest absolute Gasteiger partial charge is 0.227 e. The average Bonchev–Trinajstić information content (AvgIpc) is 3.17. The van der Waals surface area contributed by atoms with E-state index < -0.39 is 10.0 Å². The van der Waals surface area contributed by atoms with Crippen molar-refractivity contribution in [2.75, 3.05) is 18.8 Å². The molecule has 146 valence electrons. The Morgan fingerprint density at radius 1 is 1.30 bits per heavy atom. The van der Waals surface area contributed by atoms with Crippen LogP contribution in [0.15, 0.2) is 29.0 Å². The highest BCUT2D eigenvalue weighted by Crippen LogP contribution is 2.16. The van der Waals surface area contributed by atoms with Crippen molar-refractivity contribution in [1.29, 1.82) is 0 Å². The zero-order valence-electron chi connectivity index (χ0n) is 15.2. The fourth-order valence-electron chi connectivity index (χ4n) is 2.96. The van der Waals surface area contributed by atoms with E-state index in [2.05, 4.69) is 20.4 Å². The molecule has 0 radical (unpaired) electrons. The van der Waals surface area contributed by atoms with E-state index in [-0.39, 0.29) is 24.1 Å². The molecule has 2 aromatic heterocycles. The lowest BCUT2D eigenvalue weighted by Gasteiger charge is -2.31. The van der Waals surface area contributed by atoms with Crippen LogP contribution in [0.5, 0.6) is 0 Å². The number of pyridine rings is 1. The van der Waals surface area contributed by atoms with Gasteiger partial charge in [-0.1, -0.05) is 5.16 Å². The van der Waals surface area contributed by atoms with Gasteiger partial charge < -0.3 is 9.84 Å². The van der Waals surface area contributed by atoms with Crippen LogP contribution in [-0.2, 0) is 21.2 Å². The summed E-state index contributed by atoms with van der Waals surface area (Å²) in [6, 6.07) is 3.56. The number of hydrogen-bond acceptors (Lipinski definition) is 7. The molecular weight excluding hydrogens is 370 g/mol. The molecule has 1 fully saturated rings. The van der Waals surface area contributed by atoms with Gasteiger partial charge in [-0.15, -0.1) is 0 Å². The van der Waals surface area contributed by atoms with Crippen LogP contribution in [0.2, 0.25) is 0 Å². The number of carbonyl (C=O) groups is 1. The lowest BCUT2D eigenvalue weighted by atomic mass is 10.1. The zero-order chi connectivity index (χ0) is 19.3. The van der Waals surface area contributed by atoms with Gasteiger partial charge in [0.25, 0.3) is 0 Å². The van der Waals surface area contributed by atoms with Crippen LogP contribution in [-0.4, -0.2) is 58.6 Å². The van der Waals surface area contributed by atoms with Gasteiger partial charge in [0.2, 0.25) is 27.6 Å². The van der Waals surface area contributed by atoms with Crippen LogP contribution in [0.25, 0.3) is 11.4 Å². The van der Waals surface area contributed by atoms with Gasteiger partial charge in [0, 0.05) is 49.9 Å². The molecule has 1 aliphatic rings. The minimum atomic E-state index is -3.15. The Labute approximate surface area is 158 Å². The summed E-state index contributed by atoms with van der Waals surface area (Å²) in [5.41, 5.74) is 0.804. The molecule has 0 saturated carbocycles.